The van der Waals surface area contributed by atoms with E-state index in [1.165, 1.54) is 11.1 Å². The molecule has 6 rings (SSSR count). The Morgan fingerprint density at radius 2 is 0.731 bits per heavy atom. The number of nitrogens with one attached hydrogen (secondary N) is 4. The third kappa shape index (κ3) is 30.1. The predicted molar refractivity (Wildman–Crippen MR) is 294 cm³/mol. The summed E-state index contributed by atoms with van der Waals surface area (Å²) in [5.41, 5.74) is 4.37. The van der Waals surface area contributed by atoms with Crippen LogP contribution in [0.2, 0.25) is 0 Å². The molecule has 0 radical (unpaired) electrons. The van der Waals surface area contributed by atoms with Crippen LogP contribution >= 0.6 is 0 Å². The highest BCUT2D eigenvalue weighted by Crippen LogP contribution is 2.30. The van der Waals surface area contributed by atoms with E-state index < -0.39 is 0 Å². The Morgan fingerprint density at radius 3 is 0.985 bits per heavy atom. The van der Waals surface area contributed by atoms with Crippen LogP contribution in [0.15, 0.2) is 134 Å². The minimum absolute atomic E-state index is 0. The number of carbonyl (C=O) groups is 2. The number of benzene rings is 2. The van der Waals surface area contributed by atoms with E-state index in [2.05, 4.69) is 79.1 Å². The summed E-state index contributed by atoms with van der Waals surface area (Å²) in [5, 5.41) is 19.4. The number of amides is 2. The van der Waals surface area contributed by atoms with Crippen LogP contribution < -0.4 is 10.6 Å². The van der Waals surface area contributed by atoms with Crippen LogP contribution in [0.3, 0.4) is 0 Å². The number of nitrogens with zero attached hydrogens (tertiary/aromatic N) is 4. The monoisotopic (exact) mass is 925 g/mol. The molecule has 0 spiro atoms. The average Bonchev–Trinajstić information content (AvgIpc) is 4.17. The molecule has 2 amide bonds. The zero-order chi connectivity index (χ0) is 51.0. The van der Waals surface area contributed by atoms with Gasteiger partial charge in [0.05, 0.1) is 24.2 Å². The highest BCUT2D eigenvalue weighted by molar-refractivity contribution is 5.95. The molecule has 376 valence electrons. The molecule has 10 heteroatoms. The summed E-state index contributed by atoms with van der Waals surface area (Å²) < 4.78 is 0. The number of hydrogen-bond acceptors (Lipinski definition) is 6. The first-order valence-corrected chi connectivity index (χ1v) is 25.0. The molecule has 4 atom stereocenters. The largest absolute Gasteiger partial charge is 0.310 e. The van der Waals surface area contributed by atoms with Gasteiger partial charge in [0.1, 0.15) is 11.6 Å². The molecule has 0 aliphatic carbocycles. The molecule has 0 fully saturated rings. The molecule has 4 N–H and O–H groups in total. The Labute approximate surface area is 410 Å². The summed E-state index contributed by atoms with van der Waals surface area (Å²) in [6.07, 6.45) is 13.7. The topological polar surface area (TPSA) is 141 Å². The quantitative estimate of drug-likeness (QED) is 0.0857. The Hall–Kier alpha value is -5.90. The van der Waals surface area contributed by atoms with Crippen LogP contribution in [0.5, 0.6) is 0 Å². The van der Waals surface area contributed by atoms with Crippen molar-refractivity contribution in [3.63, 3.8) is 0 Å². The van der Waals surface area contributed by atoms with Gasteiger partial charge in [-0.15, -0.1) is 0 Å². The Morgan fingerprint density at radius 1 is 0.433 bits per heavy atom. The zero-order valence-corrected chi connectivity index (χ0v) is 44.4. The first-order valence-electron chi connectivity index (χ1n) is 25.0. The van der Waals surface area contributed by atoms with Crippen molar-refractivity contribution in [2.24, 2.45) is 0 Å². The molecule has 2 unspecified atom stereocenters. The molecule has 2 aromatic carbocycles. The number of pyridine rings is 2. The van der Waals surface area contributed by atoms with Crippen molar-refractivity contribution in [3.05, 3.63) is 156 Å². The van der Waals surface area contributed by atoms with Gasteiger partial charge in [-0.2, -0.15) is 10.2 Å². The number of rotatable bonds is 14. The highest BCUT2D eigenvalue weighted by atomic mass is 16.2. The molecule has 0 aliphatic rings. The van der Waals surface area contributed by atoms with Crippen molar-refractivity contribution in [2.75, 3.05) is 10.6 Å². The van der Waals surface area contributed by atoms with Crippen LogP contribution in [0.4, 0.5) is 11.6 Å². The van der Waals surface area contributed by atoms with E-state index in [-0.39, 0.29) is 31.1 Å². The van der Waals surface area contributed by atoms with Gasteiger partial charge in [0, 0.05) is 35.9 Å². The predicted octanol–water partition coefficient (Wildman–Crippen LogP) is 17.1. The molecule has 67 heavy (non-hydrogen) atoms. The lowest BCUT2D eigenvalue weighted by molar-refractivity contribution is -0.118. The third-order valence-electron chi connectivity index (χ3n) is 8.82. The Kier molecular flexibility index (Phi) is 53.5. The fourth-order valence-corrected chi connectivity index (χ4v) is 5.83. The van der Waals surface area contributed by atoms with Crippen molar-refractivity contribution in [1.29, 1.82) is 0 Å². The Balaban J connectivity index is -0.000000291. The summed E-state index contributed by atoms with van der Waals surface area (Å²) in [7, 11) is 0. The van der Waals surface area contributed by atoms with Crippen LogP contribution in [-0.4, -0.2) is 42.2 Å². The Bertz CT molecular complexity index is 1690. The first-order chi connectivity index (χ1) is 32.5. The highest BCUT2D eigenvalue weighted by Gasteiger charge is 2.24. The van der Waals surface area contributed by atoms with Gasteiger partial charge in [0.2, 0.25) is 11.8 Å². The van der Waals surface area contributed by atoms with Crippen molar-refractivity contribution in [1.82, 2.24) is 30.4 Å². The van der Waals surface area contributed by atoms with Gasteiger partial charge in [-0.05, 0) is 72.9 Å². The van der Waals surface area contributed by atoms with Crippen LogP contribution in [0, 0.1) is 0 Å². The van der Waals surface area contributed by atoms with Gasteiger partial charge in [-0.3, -0.25) is 19.8 Å². The van der Waals surface area contributed by atoms with E-state index in [0.717, 1.165) is 36.8 Å². The maximum absolute atomic E-state index is 12.8. The second-order valence-electron chi connectivity index (χ2n) is 12.4. The SMILES string of the molecule is C.CC.CC.CC.CC.CC.CC.CC.CC.CC(CC[C@@H](C(=O)Nc1ccccn1)c1cn[nH]c1)c1ccccc1.CC(CC[C@H](C(=O)Nc1ccccn1)c1cn[nH]c1)c1ccccc1. The normalized spacial score (nSPS) is 10.5. The molecule has 10 nitrogen and oxygen atoms in total. The summed E-state index contributed by atoms with van der Waals surface area (Å²) in [6.45, 7) is 36.4. The second kappa shape index (κ2) is 51.1. The fraction of sp³-hybridized carbons (Fsp3) is 0.474. The maximum Gasteiger partial charge on any atom is 0.233 e. The van der Waals surface area contributed by atoms with Gasteiger partial charge in [0.15, 0.2) is 0 Å². The molecule has 4 heterocycles. The van der Waals surface area contributed by atoms with Gasteiger partial charge < -0.3 is 10.6 Å². The molecule has 6 aromatic rings. The summed E-state index contributed by atoms with van der Waals surface area (Å²) in [5.74, 6) is 1.28. The lowest BCUT2D eigenvalue weighted by Gasteiger charge is -2.18. The lowest BCUT2D eigenvalue weighted by atomic mass is 9.89. The molecule has 0 bridgehead atoms. The number of aromatic nitrogens is 6. The molecule has 4 aromatic heterocycles. The minimum Gasteiger partial charge on any atom is -0.310 e. The van der Waals surface area contributed by atoms with Crippen LogP contribution in [-0.2, 0) is 9.59 Å². The summed E-state index contributed by atoms with van der Waals surface area (Å²) >= 11 is 0. The third-order valence-corrected chi connectivity index (χ3v) is 8.82. The van der Waals surface area contributed by atoms with Crippen molar-refractivity contribution < 1.29 is 9.59 Å². The van der Waals surface area contributed by atoms with E-state index in [4.69, 9.17) is 0 Å². The lowest BCUT2D eigenvalue weighted by Crippen LogP contribution is -2.22. The number of carbonyl (C=O) groups excluding carboxylic acids is 2. The molecule has 0 saturated heterocycles. The number of hydrogen-bond donors (Lipinski definition) is 4. The van der Waals surface area contributed by atoms with E-state index in [1.807, 2.05) is 171 Å². The van der Waals surface area contributed by atoms with Crippen molar-refractivity contribution in [3.8, 4) is 0 Å². The zero-order valence-electron chi connectivity index (χ0n) is 44.4. The van der Waals surface area contributed by atoms with E-state index in [0.29, 0.717) is 23.5 Å². The second-order valence-corrected chi connectivity index (χ2v) is 12.4. The first kappa shape index (κ1) is 70.1. The van der Waals surface area contributed by atoms with Gasteiger partial charge >= 0.3 is 0 Å². The van der Waals surface area contributed by atoms with Crippen molar-refractivity contribution in [2.45, 2.75) is 181 Å². The van der Waals surface area contributed by atoms with E-state index in [9.17, 15) is 9.59 Å². The molecular formula is C57H96N8O2. The number of H-pyrrole nitrogens is 2. The van der Waals surface area contributed by atoms with Gasteiger partial charge in [-0.1, -0.05) is 205 Å². The van der Waals surface area contributed by atoms with Gasteiger partial charge in [0.25, 0.3) is 0 Å². The molecular weight excluding hydrogens is 829 g/mol. The minimum atomic E-state index is -0.257. The average molecular weight is 925 g/mol. The number of anilines is 2. The molecule has 0 aliphatic heterocycles. The molecule has 0 saturated carbocycles. The standard InChI is InChI=1S/2C20H22N4O.8C2H6.CH4/c2*1-15(16-7-3-2-4-8-16)10-11-18(17-13-22-23-14-17)20(25)24-19-9-5-6-12-21-19;8*1-2;/h2*2-9,12-15,18H,10-11H2,1H3,(H,22,23)(H,21,24,25);8*1-2H3;1H4/t2*15?,18-;;;;;;;;;/m10........./s1. The summed E-state index contributed by atoms with van der Waals surface area (Å²) in [6, 6.07) is 31.7. The van der Waals surface area contributed by atoms with Gasteiger partial charge in [-0.25, -0.2) is 9.97 Å². The van der Waals surface area contributed by atoms with E-state index >= 15 is 0 Å². The fourth-order valence-electron chi connectivity index (χ4n) is 5.83. The smallest absolute Gasteiger partial charge is 0.233 e. The number of aromatic amines is 2. The van der Waals surface area contributed by atoms with Crippen LogP contribution in [0.25, 0.3) is 0 Å². The summed E-state index contributed by atoms with van der Waals surface area (Å²) in [4.78, 5) is 33.9. The van der Waals surface area contributed by atoms with E-state index in [1.54, 1.807) is 49.3 Å². The maximum atomic E-state index is 12.8. The van der Waals surface area contributed by atoms with Crippen molar-refractivity contribution >= 4 is 23.5 Å². The van der Waals surface area contributed by atoms with Crippen LogP contribution in [0.1, 0.15) is 204 Å².